The lowest BCUT2D eigenvalue weighted by Gasteiger charge is -2.19. The summed E-state index contributed by atoms with van der Waals surface area (Å²) in [5.74, 6) is -1.95. The highest BCUT2D eigenvalue weighted by atomic mass is 32.2. The predicted octanol–water partition coefficient (Wildman–Crippen LogP) is 1.52. The van der Waals surface area contributed by atoms with E-state index < -0.39 is 27.9 Å². The minimum atomic E-state index is -3.73. The monoisotopic (exact) mass is 398 g/mol. The highest BCUT2D eigenvalue weighted by Gasteiger charge is 2.24. The lowest BCUT2D eigenvalue weighted by molar-refractivity contribution is -0.143. The van der Waals surface area contributed by atoms with Gasteiger partial charge in [-0.3, -0.25) is 9.59 Å². The van der Waals surface area contributed by atoms with Gasteiger partial charge in [-0.2, -0.15) is 0 Å². The minimum Gasteiger partial charge on any atom is -0.480 e. The molecule has 8 nitrogen and oxygen atoms in total. The average Bonchev–Trinajstić information content (AvgIpc) is 2.58. The molecule has 0 saturated carbocycles. The maximum atomic E-state index is 12.5. The summed E-state index contributed by atoms with van der Waals surface area (Å²) >= 11 is 0. The number of nitrogens with zero attached hydrogens (tertiary/aromatic N) is 1. The Bertz CT molecular complexity index is 787. The molecule has 1 amide bonds. The molecule has 0 aliphatic rings. The smallest absolute Gasteiger partial charge is 0.326 e. The second kappa shape index (κ2) is 9.61. The van der Waals surface area contributed by atoms with Crippen molar-refractivity contribution in [3.05, 3.63) is 29.8 Å². The third kappa shape index (κ3) is 6.44. The van der Waals surface area contributed by atoms with Crippen LogP contribution in [0.2, 0.25) is 0 Å². The van der Waals surface area contributed by atoms with Gasteiger partial charge in [-0.15, -0.1) is 0 Å². The fourth-order valence-corrected chi connectivity index (χ4v) is 3.59. The van der Waals surface area contributed by atoms with E-state index in [9.17, 15) is 22.8 Å². The molecule has 0 radical (unpaired) electrons. The first kappa shape index (κ1) is 22.8. The van der Waals surface area contributed by atoms with E-state index in [1.807, 2.05) is 0 Å². The van der Waals surface area contributed by atoms with Crippen molar-refractivity contribution in [1.29, 1.82) is 0 Å². The van der Waals surface area contributed by atoms with Crippen LogP contribution in [-0.2, 0) is 19.6 Å². The van der Waals surface area contributed by atoms with Crippen molar-refractivity contribution < 1.29 is 27.9 Å². The van der Waals surface area contributed by atoms with Crippen LogP contribution in [0.3, 0.4) is 0 Å². The normalized spacial score (nSPS) is 12.8. The molecule has 1 aromatic carbocycles. The Kier molecular flexibility index (Phi) is 8.11. The first-order valence-corrected chi connectivity index (χ1v) is 10.00. The molecular weight excluding hydrogens is 372 g/mol. The molecule has 1 atom stereocenters. The highest BCUT2D eigenvalue weighted by Crippen LogP contribution is 2.16. The largest absolute Gasteiger partial charge is 0.480 e. The number of hydrogen-bond donors (Lipinski definition) is 2. The van der Waals surface area contributed by atoms with Crippen LogP contribution in [0.25, 0.3) is 0 Å². The second-order valence-electron chi connectivity index (χ2n) is 6.64. The van der Waals surface area contributed by atoms with Gasteiger partial charge in [0.25, 0.3) is 0 Å². The Balaban J connectivity index is 2.62. The van der Waals surface area contributed by atoms with E-state index in [1.165, 1.54) is 38.2 Å². The molecule has 0 aliphatic carbocycles. The third-order valence-electron chi connectivity index (χ3n) is 4.10. The molecule has 1 rings (SSSR count). The first-order valence-electron chi connectivity index (χ1n) is 8.56. The Morgan fingerprint density at radius 2 is 1.70 bits per heavy atom. The maximum Gasteiger partial charge on any atom is 0.326 e. The van der Waals surface area contributed by atoms with Gasteiger partial charge in [0.2, 0.25) is 15.9 Å². The summed E-state index contributed by atoms with van der Waals surface area (Å²) in [6.45, 7) is 4.88. The van der Waals surface area contributed by atoms with Crippen LogP contribution in [0.4, 0.5) is 0 Å². The summed E-state index contributed by atoms with van der Waals surface area (Å²) in [6.07, 6.45) is 0.261. The fourth-order valence-electron chi connectivity index (χ4n) is 2.38. The van der Waals surface area contributed by atoms with Crippen LogP contribution in [0.5, 0.6) is 0 Å². The van der Waals surface area contributed by atoms with E-state index in [1.54, 1.807) is 13.8 Å². The number of sulfonamides is 1. The van der Waals surface area contributed by atoms with Crippen LogP contribution in [0.15, 0.2) is 29.2 Å². The number of carbonyl (C=O) groups is 3. The predicted molar refractivity (Wildman–Crippen MR) is 99.9 cm³/mol. The molecule has 27 heavy (non-hydrogen) atoms. The summed E-state index contributed by atoms with van der Waals surface area (Å²) in [5, 5.41) is 11.5. The number of carboxylic acids is 1. The van der Waals surface area contributed by atoms with Crippen molar-refractivity contribution in [3.8, 4) is 0 Å². The average molecular weight is 398 g/mol. The van der Waals surface area contributed by atoms with Crippen molar-refractivity contribution in [2.75, 3.05) is 13.6 Å². The summed E-state index contributed by atoms with van der Waals surface area (Å²) in [5.41, 5.74) is 0.423. The summed E-state index contributed by atoms with van der Waals surface area (Å²) in [6, 6.07) is 4.67. The number of aliphatic carboxylic acids is 1. The number of carboxylic acid groups (broad SMARTS) is 1. The van der Waals surface area contributed by atoms with Crippen LogP contribution in [0, 0.1) is 5.92 Å². The van der Waals surface area contributed by atoms with Gasteiger partial charge >= 0.3 is 5.97 Å². The number of ketones is 1. The van der Waals surface area contributed by atoms with Gasteiger partial charge < -0.3 is 10.4 Å². The zero-order valence-corrected chi connectivity index (χ0v) is 16.7. The van der Waals surface area contributed by atoms with E-state index >= 15 is 0 Å². The van der Waals surface area contributed by atoms with Gasteiger partial charge in [0, 0.05) is 25.6 Å². The van der Waals surface area contributed by atoms with E-state index in [0.717, 1.165) is 4.31 Å². The van der Waals surface area contributed by atoms with Crippen molar-refractivity contribution in [2.45, 2.75) is 44.6 Å². The Morgan fingerprint density at radius 1 is 1.15 bits per heavy atom. The van der Waals surface area contributed by atoms with Crippen LogP contribution in [0.1, 0.15) is 44.0 Å². The van der Waals surface area contributed by atoms with Crippen LogP contribution >= 0.6 is 0 Å². The van der Waals surface area contributed by atoms with Crippen molar-refractivity contribution in [3.63, 3.8) is 0 Å². The maximum absolute atomic E-state index is 12.5. The molecule has 0 aliphatic heterocycles. The van der Waals surface area contributed by atoms with Gasteiger partial charge in [0.1, 0.15) is 6.04 Å². The number of Topliss-reactive ketones (excluding diaryl/α,β-unsaturated/α-hetero) is 1. The molecular formula is C18H26N2O6S. The molecule has 0 bridgehead atoms. The van der Waals surface area contributed by atoms with Crippen LogP contribution in [-0.4, -0.2) is 55.1 Å². The molecule has 150 valence electrons. The lowest BCUT2D eigenvalue weighted by atomic mass is 10.0. The summed E-state index contributed by atoms with van der Waals surface area (Å²) in [7, 11) is -2.33. The molecule has 2 N–H and O–H groups in total. The molecule has 0 aromatic heterocycles. The summed E-state index contributed by atoms with van der Waals surface area (Å²) < 4.78 is 26.1. The molecule has 1 aromatic rings. The van der Waals surface area contributed by atoms with E-state index in [2.05, 4.69) is 5.32 Å². The number of carbonyl (C=O) groups excluding carboxylic acids is 2. The van der Waals surface area contributed by atoms with Crippen molar-refractivity contribution in [1.82, 2.24) is 9.62 Å². The van der Waals surface area contributed by atoms with Gasteiger partial charge in [-0.25, -0.2) is 17.5 Å². The van der Waals surface area contributed by atoms with Gasteiger partial charge in [-0.1, -0.05) is 26.0 Å². The van der Waals surface area contributed by atoms with Crippen LogP contribution < -0.4 is 5.32 Å². The molecule has 0 fully saturated rings. The Morgan fingerprint density at radius 3 is 2.15 bits per heavy atom. The first-order chi connectivity index (χ1) is 12.5. The SMILES string of the molecule is CC(=O)c1ccc(S(=O)(=O)N(C)CCCC(=O)N[C@@H](C(=O)O)C(C)C)cc1. The fraction of sp³-hybridized carbons (Fsp3) is 0.500. The number of amides is 1. The zero-order valence-electron chi connectivity index (χ0n) is 15.9. The van der Waals surface area contributed by atoms with Crippen molar-refractivity contribution in [2.24, 2.45) is 5.92 Å². The standard InChI is InChI=1S/C18H26N2O6S/c1-12(2)17(18(23)24)19-16(22)6-5-11-20(4)27(25,26)15-9-7-14(8-10-15)13(3)21/h7-10,12,17H,5-6,11H2,1-4H3,(H,19,22)(H,23,24)/t17-/m1/s1. The van der Waals surface area contributed by atoms with E-state index in [4.69, 9.17) is 5.11 Å². The van der Waals surface area contributed by atoms with Gasteiger partial charge in [0.05, 0.1) is 4.90 Å². The molecule has 0 saturated heterocycles. The lowest BCUT2D eigenvalue weighted by Crippen LogP contribution is -2.44. The minimum absolute atomic E-state index is 0.0135. The van der Waals surface area contributed by atoms with E-state index in [-0.39, 0.29) is 36.0 Å². The number of benzene rings is 1. The quantitative estimate of drug-likeness (QED) is 0.576. The molecule has 0 unspecified atom stereocenters. The van der Waals surface area contributed by atoms with Gasteiger partial charge in [0.15, 0.2) is 5.78 Å². The summed E-state index contributed by atoms with van der Waals surface area (Å²) in [4.78, 5) is 34.3. The Labute approximate surface area is 159 Å². The number of nitrogens with one attached hydrogen (secondary N) is 1. The van der Waals surface area contributed by atoms with E-state index in [0.29, 0.717) is 5.56 Å². The highest BCUT2D eigenvalue weighted by molar-refractivity contribution is 7.89. The topological polar surface area (TPSA) is 121 Å². The van der Waals surface area contributed by atoms with Crippen molar-refractivity contribution >= 4 is 27.7 Å². The third-order valence-corrected chi connectivity index (χ3v) is 5.97. The Hall–Kier alpha value is -2.26. The second-order valence-corrected chi connectivity index (χ2v) is 8.68. The molecule has 0 spiro atoms. The molecule has 0 heterocycles. The molecule has 9 heteroatoms. The number of hydrogen-bond acceptors (Lipinski definition) is 5. The number of rotatable bonds is 10. The zero-order chi connectivity index (χ0) is 20.8. The van der Waals surface area contributed by atoms with Gasteiger partial charge in [-0.05, 0) is 31.4 Å².